The van der Waals surface area contributed by atoms with E-state index in [0.29, 0.717) is 12.3 Å². The molecule has 1 aromatic carbocycles. The van der Waals surface area contributed by atoms with Crippen molar-refractivity contribution in [3.05, 3.63) is 29.8 Å². The van der Waals surface area contributed by atoms with Crippen molar-refractivity contribution in [2.24, 2.45) is 0 Å². The van der Waals surface area contributed by atoms with Crippen LogP contribution in [0.25, 0.3) is 0 Å². The highest BCUT2D eigenvalue weighted by molar-refractivity contribution is 7.91. The number of carbonyl (C=O) groups excluding carboxylic acids is 1. The van der Waals surface area contributed by atoms with Crippen LogP contribution in [0.1, 0.15) is 56.9 Å². The maximum Gasteiger partial charge on any atom is 0.243 e. The third kappa shape index (κ3) is 5.58. The molecule has 29 heavy (non-hydrogen) atoms. The molecule has 1 saturated carbocycles. The van der Waals surface area contributed by atoms with E-state index in [9.17, 15) is 21.6 Å². The zero-order chi connectivity index (χ0) is 21.1. The highest BCUT2D eigenvalue weighted by Gasteiger charge is 2.31. The van der Waals surface area contributed by atoms with E-state index in [1.165, 1.54) is 24.8 Å². The fourth-order valence-electron chi connectivity index (χ4n) is 4.21. The number of amides is 1. The smallest absolute Gasteiger partial charge is 0.243 e. The molecule has 2 fully saturated rings. The summed E-state index contributed by atoms with van der Waals surface area (Å²) in [6.07, 6.45) is 6.35. The zero-order valence-corrected chi connectivity index (χ0v) is 18.5. The number of hydrogen-bond acceptors (Lipinski definition) is 5. The molecule has 7 nitrogen and oxygen atoms in total. The maximum absolute atomic E-state index is 13.0. The Hall–Kier alpha value is -1.45. The van der Waals surface area contributed by atoms with E-state index in [2.05, 4.69) is 5.32 Å². The zero-order valence-electron chi connectivity index (χ0n) is 16.8. The molecule has 1 unspecified atom stereocenters. The lowest BCUT2D eigenvalue weighted by Crippen LogP contribution is -2.44. The molecule has 1 amide bonds. The van der Waals surface area contributed by atoms with Crippen molar-refractivity contribution in [1.82, 2.24) is 9.62 Å². The highest BCUT2D eigenvalue weighted by Crippen LogP contribution is 2.33. The van der Waals surface area contributed by atoms with Crippen LogP contribution < -0.4 is 5.32 Å². The van der Waals surface area contributed by atoms with E-state index in [1.807, 2.05) is 12.1 Å². The first-order valence-electron chi connectivity index (χ1n) is 10.3. The Bertz CT molecular complexity index is 920. The summed E-state index contributed by atoms with van der Waals surface area (Å²) in [4.78, 5) is 12.5. The lowest BCUT2D eigenvalue weighted by atomic mass is 9.84. The van der Waals surface area contributed by atoms with Gasteiger partial charge >= 0.3 is 0 Å². The normalized spacial score (nSPS) is 22.6. The quantitative estimate of drug-likeness (QED) is 0.696. The van der Waals surface area contributed by atoms with Crippen molar-refractivity contribution in [2.45, 2.75) is 62.3 Å². The van der Waals surface area contributed by atoms with E-state index in [0.717, 1.165) is 17.1 Å². The first-order valence-corrected chi connectivity index (χ1v) is 13.6. The molecule has 1 atom stereocenters. The fraction of sp³-hybridized carbons (Fsp3) is 0.650. The molecule has 0 radical (unpaired) electrons. The van der Waals surface area contributed by atoms with Crippen molar-refractivity contribution < 1.29 is 21.6 Å². The Balaban J connectivity index is 1.65. The summed E-state index contributed by atoms with van der Waals surface area (Å²) in [5, 5.41) is 2.65. The van der Waals surface area contributed by atoms with Crippen LogP contribution in [-0.4, -0.2) is 57.7 Å². The Morgan fingerprint density at radius 2 is 1.76 bits per heavy atom. The number of nitrogens with one attached hydrogen (secondary N) is 1. The molecule has 1 aromatic rings. The van der Waals surface area contributed by atoms with Gasteiger partial charge in [-0.25, -0.2) is 16.8 Å². The number of likely N-dealkylation sites (N-methyl/N-ethyl adjacent to an activating group) is 1. The average molecular weight is 443 g/mol. The van der Waals surface area contributed by atoms with Gasteiger partial charge in [-0.2, -0.15) is 4.31 Å². The highest BCUT2D eigenvalue weighted by atomic mass is 32.2. The molecule has 1 heterocycles. The van der Waals surface area contributed by atoms with Crippen LogP contribution in [0.3, 0.4) is 0 Å². The first kappa shape index (κ1) is 22.2. The molecule has 9 heteroatoms. The number of carbonyl (C=O) groups is 1. The summed E-state index contributed by atoms with van der Waals surface area (Å²) in [5.74, 6) is -0.00554. The van der Waals surface area contributed by atoms with E-state index in [1.54, 1.807) is 19.1 Å². The molecule has 1 saturated heterocycles. The second-order valence-electron chi connectivity index (χ2n) is 8.00. The molecular weight excluding hydrogens is 412 g/mol. The molecule has 162 valence electrons. The van der Waals surface area contributed by atoms with Gasteiger partial charge in [-0.05, 0) is 42.9 Å². The van der Waals surface area contributed by atoms with Gasteiger partial charge in [-0.3, -0.25) is 4.79 Å². The number of rotatable bonds is 7. The summed E-state index contributed by atoms with van der Waals surface area (Å²) in [7, 11) is -6.90. The van der Waals surface area contributed by atoms with Gasteiger partial charge in [0.25, 0.3) is 0 Å². The number of hydrogen-bond donors (Lipinski definition) is 1. The number of nitrogens with zero attached hydrogens (tertiary/aromatic N) is 1. The Morgan fingerprint density at radius 1 is 1.10 bits per heavy atom. The Kier molecular flexibility index (Phi) is 7.01. The number of sulfonamides is 1. The molecule has 2 aliphatic rings. The largest absolute Gasteiger partial charge is 0.351 e. The van der Waals surface area contributed by atoms with Gasteiger partial charge in [0.05, 0.1) is 22.9 Å². The number of benzene rings is 1. The van der Waals surface area contributed by atoms with Gasteiger partial charge in [0, 0.05) is 12.6 Å². The van der Waals surface area contributed by atoms with E-state index >= 15 is 0 Å². The minimum Gasteiger partial charge on any atom is -0.351 e. The monoisotopic (exact) mass is 442 g/mol. The molecule has 1 aliphatic heterocycles. The van der Waals surface area contributed by atoms with Crippen LogP contribution >= 0.6 is 0 Å². The minimum atomic E-state index is -3.80. The molecule has 0 spiro atoms. The SMILES string of the molecule is CCN(CC(=O)NC1CCS(=O)(=O)C1)S(=O)(=O)c1ccc(C2CCCCC2)cc1. The Labute approximate surface area is 173 Å². The van der Waals surface area contributed by atoms with Crippen molar-refractivity contribution in [3.8, 4) is 0 Å². The number of sulfone groups is 1. The summed E-state index contributed by atoms with van der Waals surface area (Å²) >= 11 is 0. The molecule has 1 aliphatic carbocycles. The molecule has 3 rings (SSSR count). The maximum atomic E-state index is 13.0. The molecule has 0 bridgehead atoms. The summed E-state index contributed by atoms with van der Waals surface area (Å²) in [6.45, 7) is 1.52. The first-order chi connectivity index (χ1) is 13.7. The standard InChI is InChI=1S/C20H30N2O5S2/c1-2-22(14-20(23)21-18-12-13-28(24,25)15-18)29(26,27)19-10-8-17(9-11-19)16-6-4-3-5-7-16/h8-11,16,18H,2-7,12-15H2,1H3,(H,21,23). The third-order valence-corrected chi connectivity index (χ3v) is 9.57. The minimum absolute atomic E-state index is 0.0566. The van der Waals surface area contributed by atoms with Gasteiger partial charge in [0.15, 0.2) is 9.84 Å². The van der Waals surface area contributed by atoms with Crippen LogP contribution in [0, 0.1) is 0 Å². The van der Waals surface area contributed by atoms with Gasteiger partial charge in [0.2, 0.25) is 15.9 Å². The van der Waals surface area contributed by atoms with Crippen molar-refractivity contribution in [1.29, 1.82) is 0 Å². The van der Waals surface area contributed by atoms with E-state index in [4.69, 9.17) is 0 Å². The van der Waals surface area contributed by atoms with Crippen LogP contribution in [-0.2, 0) is 24.7 Å². The van der Waals surface area contributed by atoms with Crippen molar-refractivity contribution in [3.63, 3.8) is 0 Å². The lowest BCUT2D eigenvalue weighted by Gasteiger charge is -2.23. The molecular formula is C20H30N2O5S2. The topological polar surface area (TPSA) is 101 Å². The molecule has 1 N–H and O–H groups in total. The summed E-state index contributed by atoms with van der Waals surface area (Å²) in [6, 6.07) is 6.59. The third-order valence-electron chi connectivity index (χ3n) is 5.86. The second kappa shape index (κ2) is 9.14. The van der Waals surface area contributed by atoms with Crippen LogP contribution in [0.2, 0.25) is 0 Å². The lowest BCUT2D eigenvalue weighted by molar-refractivity contribution is -0.121. The van der Waals surface area contributed by atoms with Gasteiger partial charge in [-0.15, -0.1) is 0 Å². The van der Waals surface area contributed by atoms with Crippen molar-refractivity contribution in [2.75, 3.05) is 24.6 Å². The molecule has 0 aromatic heterocycles. The van der Waals surface area contributed by atoms with Crippen molar-refractivity contribution >= 4 is 25.8 Å². The second-order valence-corrected chi connectivity index (χ2v) is 12.2. The van der Waals surface area contributed by atoms with E-state index in [-0.39, 0.29) is 29.5 Å². The van der Waals surface area contributed by atoms with Crippen LogP contribution in [0.15, 0.2) is 29.2 Å². The predicted molar refractivity (Wildman–Crippen MR) is 112 cm³/mol. The van der Waals surface area contributed by atoms with Crippen LogP contribution in [0.4, 0.5) is 0 Å². The van der Waals surface area contributed by atoms with Gasteiger partial charge in [0.1, 0.15) is 0 Å². The van der Waals surface area contributed by atoms with Gasteiger partial charge < -0.3 is 5.32 Å². The summed E-state index contributed by atoms with van der Waals surface area (Å²) < 4.78 is 50.1. The van der Waals surface area contributed by atoms with Gasteiger partial charge in [-0.1, -0.05) is 38.3 Å². The van der Waals surface area contributed by atoms with E-state index < -0.39 is 31.8 Å². The fourth-order valence-corrected chi connectivity index (χ4v) is 7.28. The summed E-state index contributed by atoms with van der Waals surface area (Å²) in [5.41, 5.74) is 1.17. The predicted octanol–water partition coefficient (Wildman–Crippen LogP) is 2.05. The average Bonchev–Trinajstić information content (AvgIpc) is 3.04. The Morgan fingerprint density at radius 3 is 2.31 bits per heavy atom. The van der Waals surface area contributed by atoms with Crippen LogP contribution in [0.5, 0.6) is 0 Å².